The van der Waals surface area contributed by atoms with E-state index in [1.165, 1.54) is 31.6 Å². The van der Waals surface area contributed by atoms with E-state index in [1.54, 1.807) is 12.1 Å². The van der Waals surface area contributed by atoms with Gasteiger partial charge in [0.05, 0.1) is 18.4 Å². The first-order valence-corrected chi connectivity index (χ1v) is 8.75. The number of methoxy groups -OCH3 is 1. The topological polar surface area (TPSA) is 80.0 Å². The lowest BCUT2D eigenvalue weighted by Gasteiger charge is -2.10. The molecule has 0 spiro atoms. The summed E-state index contributed by atoms with van der Waals surface area (Å²) in [5, 5.41) is 8.97. The number of halogens is 3. The van der Waals surface area contributed by atoms with Crippen molar-refractivity contribution in [2.24, 2.45) is 0 Å². The van der Waals surface area contributed by atoms with Crippen LogP contribution >= 0.6 is 0 Å². The molecule has 2 aromatic rings. The van der Waals surface area contributed by atoms with E-state index in [0.717, 1.165) is 0 Å². The highest BCUT2D eigenvalue weighted by Gasteiger charge is 2.35. The van der Waals surface area contributed by atoms with E-state index < -0.39 is 27.5 Å². The lowest BCUT2D eigenvalue weighted by molar-refractivity contribution is -0.106. The molecule has 0 radical (unpaired) electrons. The van der Waals surface area contributed by atoms with Gasteiger partial charge < -0.3 is 4.74 Å². The standard InChI is InChI=1S/C16H13F3N2O3S/c1-24-15-5-12(2-3-13(15)6-20)14-4-11(7-21-8-14)9-25(22,23)10-16(17,18)19/h2-5,7-8H,9-10H2,1H3. The summed E-state index contributed by atoms with van der Waals surface area (Å²) in [5.74, 6) is -2.31. The second-order valence-corrected chi connectivity index (χ2v) is 7.32. The van der Waals surface area contributed by atoms with Crippen LogP contribution in [0.5, 0.6) is 5.75 Å². The number of hydrogen-bond acceptors (Lipinski definition) is 5. The van der Waals surface area contributed by atoms with Crippen molar-refractivity contribution in [2.45, 2.75) is 11.9 Å². The second kappa shape index (κ2) is 7.11. The van der Waals surface area contributed by atoms with Crippen molar-refractivity contribution in [3.8, 4) is 22.9 Å². The number of hydrogen-bond donors (Lipinski definition) is 0. The van der Waals surface area contributed by atoms with E-state index in [-0.39, 0.29) is 5.56 Å². The number of nitriles is 1. The Bertz CT molecular complexity index is 919. The van der Waals surface area contributed by atoms with Crippen LogP contribution in [-0.4, -0.2) is 32.4 Å². The zero-order chi connectivity index (χ0) is 18.7. The van der Waals surface area contributed by atoms with Gasteiger partial charge in [-0.05, 0) is 29.3 Å². The Morgan fingerprint density at radius 1 is 1.20 bits per heavy atom. The van der Waals surface area contributed by atoms with Crippen LogP contribution in [0, 0.1) is 11.3 Å². The molecule has 9 heteroatoms. The quantitative estimate of drug-likeness (QED) is 0.808. The molecule has 1 aromatic carbocycles. The molecule has 0 atom stereocenters. The molecular weight excluding hydrogens is 357 g/mol. The van der Waals surface area contributed by atoms with Crippen LogP contribution in [0.4, 0.5) is 13.2 Å². The van der Waals surface area contributed by atoms with Crippen molar-refractivity contribution in [1.29, 1.82) is 5.26 Å². The van der Waals surface area contributed by atoms with Crippen LogP contribution in [0.2, 0.25) is 0 Å². The normalized spacial score (nSPS) is 11.8. The molecule has 0 amide bonds. The molecular formula is C16H13F3N2O3S. The smallest absolute Gasteiger partial charge is 0.402 e. The van der Waals surface area contributed by atoms with Crippen LogP contribution in [0.25, 0.3) is 11.1 Å². The number of pyridine rings is 1. The number of ether oxygens (including phenoxy) is 1. The zero-order valence-corrected chi connectivity index (χ0v) is 13.9. The van der Waals surface area contributed by atoms with Crippen molar-refractivity contribution < 1.29 is 26.3 Å². The van der Waals surface area contributed by atoms with Crippen LogP contribution in [-0.2, 0) is 15.6 Å². The Morgan fingerprint density at radius 2 is 1.92 bits per heavy atom. The molecule has 1 aromatic heterocycles. The van der Waals surface area contributed by atoms with Crippen LogP contribution < -0.4 is 4.74 Å². The number of aromatic nitrogens is 1. The van der Waals surface area contributed by atoms with Gasteiger partial charge in [0, 0.05) is 18.0 Å². The first-order chi connectivity index (χ1) is 11.6. The summed E-state index contributed by atoms with van der Waals surface area (Å²) in [6, 6.07) is 8.13. The molecule has 1 heterocycles. The maximum Gasteiger partial charge on any atom is 0.402 e. The van der Waals surface area contributed by atoms with Crippen molar-refractivity contribution in [3.63, 3.8) is 0 Å². The minimum absolute atomic E-state index is 0.144. The number of alkyl halides is 3. The third-order valence-corrected chi connectivity index (χ3v) is 4.76. The molecule has 0 aliphatic rings. The van der Waals surface area contributed by atoms with Crippen LogP contribution in [0.1, 0.15) is 11.1 Å². The Morgan fingerprint density at radius 3 is 2.52 bits per heavy atom. The molecule has 0 unspecified atom stereocenters. The highest BCUT2D eigenvalue weighted by molar-refractivity contribution is 7.90. The number of nitrogens with zero attached hydrogens (tertiary/aromatic N) is 2. The van der Waals surface area contributed by atoms with E-state index in [4.69, 9.17) is 10.00 Å². The van der Waals surface area contributed by atoms with Crippen molar-refractivity contribution >= 4 is 9.84 Å². The first kappa shape index (κ1) is 18.7. The molecule has 0 saturated heterocycles. The molecule has 0 N–H and O–H groups in total. The molecule has 25 heavy (non-hydrogen) atoms. The third-order valence-electron chi connectivity index (χ3n) is 3.22. The highest BCUT2D eigenvalue weighted by atomic mass is 32.2. The average Bonchev–Trinajstić information content (AvgIpc) is 2.51. The monoisotopic (exact) mass is 370 g/mol. The Labute approximate surface area is 142 Å². The number of benzene rings is 1. The van der Waals surface area contributed by atoms with Gasteiger partial charge in [0.2, 0.25) is 0 Å². The van der Waals surface area contributed by atoms with Gasteiger partial charge in [-0.25, -0.2) is 8.42 Å². The number of rotatable bonds is 5. The summed E-state index contributed by atoms with van der Waals surface area (Å²) in [5.41, 5.74) is 1.56. The Hall–Kier alpha value is -2.60. The molecule has 0 aliphatic carbocycles. The predicted octanol–water partition coefficient (Wildman–Crippen LogP) is 3.11. The van der Waals surface area contributed by atoms with Crippen molar-refractivity contribution in [2.75, 3.05) is 12.9 Å². The fourth-order valence-corrected chi connectivity index (χ4v) is 3.51. The largest absolute Gasteiger partial charge is 0.495 e. The average molecular weight is 370 g/mol. The van der Waals surface area contributed by atoms with Gasteiger partial charge in [-0.3, -0.25) is 4.98 Å². The SMILES string of the molecule is COc1cc(-c2cncc(CS(=O)(=O)CC(F)(F)F)c2)ccc1C#N. The molecule has 0 fully saturated rings. The highest BCUT2D eigenvalue weighted by Crippen LogP contribution is 2.27. The van der Waals surface area contributed by atoms with Gasteiger partial charge in [0.1, 0.15) is 17.6 Å². The van der Waals surface area contributed by atoms with Crippen LogP contribution in [0.15, 0.2) is 36.7 Å². The van der Waals surface area contributed by atoms with Gasteiger partial charge in [-0.15, -0.1) is 0 Å². The lowest BCUT2D eigenvalue weighted by atomic mass is 10.0. The number of sulfone groups is 1. The van der Waals surface area contributed by atoms with Crippen LogP contribution in [0.3, 0.4) is 0 Å². The zero-order valence-electron chi connectivity index (χ0n) is 13.0. The molecule has 0 aliphatic heterocycles. The van der Waals surface area contributed by atoms with Gasteiger partial charge in [-0.2, -0.15) is 18.4 Å². The Kier molecular flexibility index (Phi) is 5.33. The summed E-state index contributed by atoms with van der Waals surface area (Å²) in [6.07, 6.45) is -2.14. The second-order valence-electron chi connectivity index (χ2n) is 5.26. The van der Waals surface area contributed by atoms with E-state index in [1.807, 2.05) is 6.07 Å². The molecule has 5 nitrogen and oxygen atoms in total. The fraction of sp³-hybridized carbons (Fsp3) is 0.250. The maximum atomic E-state index is 12.3. The summed E-state index contributed by atoms with van der Waals surface area (Å²) >= 11 is 0. The molecule has 0 saturated carbocycles. The minimum Gasteiger partial charge on any atom is -0.495 e. The van der Waals surface area contributed by atoms with Gasteiger partial charge >= 0.3 is 6.18 Å². The Balaban J connectivity index is 2.32. The van der Waals surface area contributed by atoms with Gasteiger partial charge in [-0.1, -0.05) is 6.07 Å². The van der Waals surface area contributed by atoms with Crippen molar-refractivity contribution in [1.82, 2.24) is 4.98 Å². The summed E-state index contributed by atoms with van der Waals surface area (Å²) in [4.78, 5) is 3.89. The molecule has 132 valence electrons. The van der Waals surface area contributed by atoms with Crippen molar-refractivity contribution in [3.05, 3.63) is 47.8 Å². The molecule has 0 bridgehead atoms. The van der Waals surface area contributed by atoms with E-state index >= 15 is 0 Å². The third kappa shape index (κ3) is 5.19. The van der Waals surface area contributed by atoms with E-state index in [0.29, 0.717) is 22.4 Å². The minimum atomic E-state index is -4.79. The lowest BCUT2D eigenvalue weighted by Crippen LogP contribution is -2.24. The first-order valence-electron chi connectivity index (χ1n) is 6.93. The molecule has 2 rings (SSSR count). The van der Waals surface area contributed by atoms with E-state index in [9.17, 15) is 21.6 Å². The van der Waals surface area contributed by atoms with Gasteiger partial charge in [0.25, 0.3) is 0 Å². The summed E-state index contributed by atoms with van der Waals surface area (Å²) in [7, 11) is -2.95. The predicted molar refractivity (Wildman–Crippen MR) is 84.5 cm³/mol. The summed E-state index contributed by atoms with van der Waals surface area (Å²) in [6.45, 7) is 0. The fourth-order valence-electron chi connectivity index (χ4n) is 2.24. The van der Waals surface area contributed by atoms with E-state index in [2.05, 4.69) is 4.98 Å². The maximum absolute atomic E-state index is 12.3. The summed E-state index contributed by atoms with van der Waals surface area (Å²) < 4.78 is 65.3. The van der Waals surface area contributed by atoms with Gasteiger partial charge in [0.15, 0.2) is 9.84 Å².